The number of likely N-dealkylation sites (tertiary alicyclic amines) is 1. The fraction of sp³-hybridized carbons (Fsp3) is 0.571. The van der Waals surface area contributed by atoms with E-state index in [1.54, 1.807) is 17.2 Å². The number of aliphatic hydroxyl groups excluding tert-OH is 1. The highest BCUT2D eigenvalue weighted by Crippen LogP contribution is 2.20. The Balaban J connectivity index is 1.99. The molecule has 7 nitrogen and oxygen atoms in total. The Kier molecular flexibility index (Phi) is 5.49. The van der Waals surface area contributed by atoms with Gasteiger partial charge in [0.15, 0.2) is 0 Å². The van der Waals surface area contributed by atoms with Crippen molar-refractivity contribution >= 4 is 11.6 Å². The largest absolute Gasteiger partial charge is 0.394 e. The molecule has 1 amide bonds. The number of aliphatic hydroxyl groups is 1. The van der Waals surface area contributed by atoms with Crippen LogP contribution in [0.3, 0.4) is 0 Å². The fourth-order valence-corrected chi connectivity index (χ4v) is 2.46. The summed E-state index contributed by atoms with van der Waals surface area (Å²) in [6.45, 7) is 3.49. The average molecular weight is 294 g/mol. The lowest BCUT2D eigenvalue weighted by Gasteiger charge is -2.32. The number of rotatable bonds is 5. The summed E-state index contributed by atoms with van der Waals surface area (Å²) in [7, 11) is 0. The van der Waals surface area contributed by atoms with Crippen molar-refractivity contribution in [3.05, 3.63) is 23.5 Å². The number of hydrogen-bond donors (Lipinski definition) is 3. The maximum Gasteiger partial charge on any atom is 0.257 e. The highest BCUT2D eigenvalue weighted by Gasteiger charge is 2.25. The Morgan fingerprint density at radius 2 is 2.29 bits per heavy atom. The summed E-state index contributed by atoms with van der Waals surface area (Å²) in [4.78, 5) is 18.5. The van der Waals surface area contributed by atoms with Crippen molar-refractivity contribution in [1.29, 1.82) is 0 Å². The van der Waals surface area contributed by atoms with Crippen LogP contribution in [0.25, 0.3) is 0 Å². The number of hydrogen-bond acceptors (Lipinski definition) is 6. The number of pyridine rings is 1. The summed E-state index contributed by atoms with van der Waals surface area (Å²) in [6, 6.07) is 1.75. The smallest absolute Gasteiger partial charge is 0.257 e. The van der Waals surface area contributed by atoms with Gasteiger partial charge in [-0.3, -0.25) is 15.6 Å². The molecule has 0 bridgehead atoms. The van der Waals surface area contributed by atoms with Gasteiger partial charge in [-0.05, 0) is 25.8 Å². The Labute approximate surface area is 124 Å². The third-order valence-corrected chi connectivity index (χ3v) is 3.60. The van der Waals surface area contributed by atoms with Crippen LogP contribution in [0.15, 0.2) is 12.3 Å². The summed E-state index contributed by atoms with van der Waals surface area (Å²) in [5.41, 5.74) is 4.43. The number of aromatic nitrogens is 1. The van der Waals surface area contributed by atoms with Crippen LogP contribution in [0, 0.1) is 6.92 Å². The maximum atomic E-state index is 12.5. The van der Waals surface area contributed by atoms with Gasteiger partial charge in [-0.15, -0.1) is 0 Å². The molecule has 0 unspecified atom stereocenters. The third kappa shape index (κ3) is 3.90. The minimum Gasteiger partial charge on any atom is -0.394 e. The van der Waals surface area contributed by atoms with Crippen molar-refractivity contribution in [3.63, 3.8) is 0 Å². The van der Waals surface area contributed by atoms with Crippen LogP contribution < -0.4 is 11.3 Å². The van der Waals surface area contributed by atoms with Crippen molar-refractivity contribution in [1.82, 2.24) is 9.88 Å². The number of piperidine rings is 1. The standard InChI is InChI=1S/C14H22N4O3/c1-10-8-13(17-15)12(9-16-10)14(20)18-4-2-11(3-5-18)21-7-6-19/h8-9,11,19H,2-7,15H2,1H3,(H,16,17). The number of carbonyl (C=O) groups excluding carboxylic acids is 1. The van der Waals surface area contributed by atoms with Gasteiger partial charge in [0.2, 0.25) is 0 Å². The number of carbonyl (C=O) groups is 1. The number of nitrogens with one attached hydrogen (secondary N) is 1. The van der Waals surface area contributed by atoms with Gasteiger partial charge >= 0.3 is 0 Å². The number of nitrogen functional groups attached to an aromatic ring is 1. The summed E-state index contributed by atoms with van der Waals surface area (Å²) < 4.78 is 5.49. The molecule has 1 aromatic heterocycles. The SMILES string of the molecule is Cc1cc(NN)c(C(=O)N2CCC(OCCO)CC2)cn1. The van der Waals surface area contributed by atoms with Crippen molar-refractivity contribution in [2.75, 3.05) is 31.7 Å². The molecule has 1 aliphatic heterocycles. The molecule has 0 saturated carbocycles. The third-order valence-electron chi connectivity index (χ3n) is 3.60. The number of amides is 1. The zero-order valence-electron chi connectivity index (χ0n) is 12.2. The van der Waals surface area contributed by atoms with Crippen LogP contribution in [0.4, 0.5) is 5.69 Å². The van der Waals surface area contributed by atoms with Gasteiger partial charge in [-0.1, -0.05) is 0 Å². The van der Waals surface area contributed by atoms with E-state index < -0.39 is 0 Å². The Morgan fingerprint density at radius 1 is 1.57 bits per heavy atom. The second-order valence-electron chi connectivity index (χ2n) is 5.10. The molecule has 1 saturated heterocycles. The highest BCUT2D eigenvalue weighted by atomic mass is 16.5. The van der Waals surface area contributed by atoms with Gasteiger partial charge in [0.05, 0.1) is 30.6 Å². The summed E-state index contributed by atoms with van der Waals surface area (Å²) in [5, 5.41) is 8.75. The molecule has 116 valence electrons. The molecule has 0 aliphatic carbocycles. The number of ether oxygens (including phenoxy) is 1. The number of nitrogens with zero attached hydrogens (tertiary/aromatic N) is 2. The minimum atomic E-state index is -0.0731. The van der Waals surface area contributed by atoms with Crippen LogP contribution >= 0.6 is 0 Å². The van der Waals surface area contributed by atoms with Crippen LogP contribution in [0.5, 0.6) is 0 Å². The van der Waals surface area contributed by atoms with Crippen LogP contribution in [0.2, 0.25) is 0 Å². The molecule has 0 spiro atoms. The maximum absolute atomic E-state index is 12.5. The minimum absolute atomic E-state index is 0.0275. The number of hydrazine groups is 1. The number of anilines is 1. The van der Waals surface area contributed by atoms with Crippen molar-refractivity contribution in [2.45, 2.75) is 25.9 Å². The van der Waals surface area contributed by atoms with E-state index in [1.807, 2.05) is 6.92 Å². The highest BCUT2D eigenvalue weighted by molar-refractivity contribution is 5.99. The molecule has 1 fully saturated rings. The van der Waals surface area contributed by atoms with E-state index in [2.05, 4.69) is 10.4 Å². The van der Waals surface area contributed by atoms with Crippen LogP contribution in [-0.4, -0.2) is 53.3 Å². The van der Waals surface area contributed by atoms with Gasteiger partial charge < -0.3 is 20.2 Å². The van der Waals surface area contributed by atoms with Gasteiger partial charge in [0.1, 0.15) is 0 Å². The lowest BCUT2D eigenvalue weighted by molar-refractivity contribution is -0.00553. The van der Waals surface area contributed by atoms with E-state index in [0.717, 1.165) is 18.5 Å². The molecule has 1 aliphatic rings. The van der Waals surface area contributed by atoms with Crippen molar-refractivity contribution in [3.8, 4) is 0 Å². The molecule has 0 aromatic carbocycles. The molecular formula is C14H22N4O3. The monoisotopic (exact) mass is 294 g/mol. The molecule has 7 heteroatoms. The van der Waals surface area contributed by atoms with Crippen LogP contribution in [0.1, 0.15) is 28.9 Å². The fourth-order valence-electron chi connectivity index (χ4n) is 2.46. The zero-order valence-corrected chi connectivity index (χ0v) is 12.2. The van der Waals surface area contributed by atoms with Crippen molar-refractivity contribution < 1.29 is 14.6 Å². The van der Waals surface area contributed by atoms with Gasteiger partial charge in [-0.25, -0.2) is 0 Å². The number of nitrogens with two attached hydrogens (primary N) is 1. The summed E-state index contributed by atoms with van der Waals surface area (Å²) in [5.74, 6) is 5.40. The molecule has 2 heterocycles. The first-order valence-corrected chi connectivity index (χ1v) is 7.10. The molecule has 2 rings (SSSR count). The molecule has 0 radical (unpaired) electrons. The normalized spacial score (nSPS) is 16.0. The second-order valence-corrected chi connectivity index (χ2v) is 5.10. The predicted molar refractivity (Wildman–Crippen MR) is 78.7 cm³/mol. The molecule has 0 atom stereocenters. The topological polar surface area (TPSA) is 101 Å². The van der Waals surface area contributed by atoms with Gasteiger partial charge in [-0.2, -0.15) is 0 Å². The average Bonchev–Trinajstić information content (AvgIpc) is 2.52. The van der Waals surface area contributed by atoms with E-state index in [4.69, 9.17) is 15.7 Å². The van der Waals surface area contributed by atoms with Gasteiger partial charge in [0, 0.05) is 25.0 Å². The molecular weight excluding hydrogens is 272 g/mol. The van der Waals surface area contributed by atoms with Crippen molar-refractivity contribution in [2.24, 2.45) is 5.84 Å². The quantitative estimate of drug-likeness (QED) is 0.533. The predicted octanol–water partition coefficient (Wildman–Crippen LogP) is 0.289. The molecule has 1 aromatic rings. The first-order valence-electron chi connectivity index (χ1n) is 7.10. The first-order chi connectivity index (χ1) is 10.2. The second kappa shape index (κ2) is 7.35. The molecule has 4 N–H and O–H groups in total. The van der Waals surface area contributed by atoms with E-state index in [-0.39, 0.29) is 18.6 Å². The van der Waals surface area contributed by atoms with Gasteiger partial charge in [0.25, 0.3) is 5.91 Å². The lowest BCUT2D eigenvalue weighted by atomic mass is 10.1. The van der Waals surface area contributed by atoms with E-state index in [0.29, 0.717) is 30.9 Å². The van der Waals surface area contributed by atoms with E-state index in [1.165, 1.54) is 0 Å². The summed E-state index contributed by atoms with van der Waals surface area (Å²) >= 11 is 0. The number of aryl methyl sites for hydroxylation is 1. The first kappa shape index (κ1) is 15.7. The Morgan fingerprint density at radius 3 is 2.90 bits per heavy atom. The molecule has 21 heavy (non-hydrogen) atoms. The van der Waals surface area contributed by atoms with Crippen LogP contribution in [-0.2, 0) is 4.74 Å². The van der Waals surface area contributed by atoms with E-state index >= 15 is 0 Å². The Bertz CT molecular complexity index is 487. The zero-order chi connectivity index (χ0) is 15.2. The summed E-state index contributed by atoms with van der Waals surface area (Å²) in [6.07, 6.45) is 3.22. The lowest BCUT2D eigenvalue weighted by Crippen LogP contribution is -2.41. The van der Waals surface area contributed by atoms with E-state index in [9.17, 15) is 4.79 Å². The Hall–Kier alpha value is -1.70.